The van der Waals surface area contributed by atoms with Crippen molar-refractivity contribution in [2.45, 2.75) is 32.9 Å². The first-order valence-electron chi connectivity index (χ1n) is 8.86. The SMILES string of the molecule is COc1ccc2cc(/C=C/C(=O)O[C@H](C)C(=O)NC(=O)NC(C)C)ccc2c1. The van der Waals surface area contributed by atoms with E-state index in [1.807, 2.05) is 36.4 Å². The summed E-state index contributed by atoms with van der Waals surface area (Å²) >= 11 is 0. The molecule has 0 saturated heterocycles. The second-order valence-corrected chi connectivity index (χ2v) is 6.50. The second-order valence-electron chi connectivity index (χ2n) is 6.50. The third kappa shape index (κ3) is 6.12. The van der Waals surface area contributed by atoms with Gasteiger partial charge in [-0.05, 0) is 61.4 Å². The Morgan fingerprint density at radius 2 is 1.68 bits per heavy atom. The monoisotopic (exact) mass is 384 g/mol. The van der Waals surface area contributed by atoms with Gasteiger partial charge in [0.15, 0.2) is 6.10 Å². The van der Waals surface area contributed by atoms with Crippen molar-refractivity contribution >= 4 is 34.8 Å². The van der Waals surface area contributed by atoms with Gasteiger partial charge in [0.1, 0.15) is 5.75 Å². The van der Waals surface area contributed by atoms with Crippen LogP contribution in [0.4, 0.5) is 4.79 Å². The van der Waals surface area contributed by atoms with Crippen LogP contribution in [0.3, 0.4) is 0 Å². The highest BCUT2D eigenvalue weighted by Crippen LogP contribution is 2.22. The van der Waals surface area contributed by atoms with E-state index in [0.717, 1.165) is 22.1 Å². The first kappa shape index (κ1) is 21.0. The summed E-state index contributed by atoms with van der Waals surface area (Å²) in [6, 6.07) is 10.7. The van der Waals surface area contributed by atoms with Crippen LogP contribution in [-0.2, 0) is 14.3 Å². The molecular formula is C21H24N2O5. The molecule has 0 radical (unpaired) electrons. The summed E-state index contributed by atoms with van der Waals surface area (Å²) in [6.07, 6.45) is 1.74. The Kier molecular flexibility index (Phi) is 7.14. The fraction of sp³-hybridized carbons (Fsp3) is 0.286. The maximum atomic E-state index is 11.9. The molecule has 0 heterocycles. The number of ether oxygens (including phenoxy) is 2. The Morgan fingerprint density at radius 3 is 2.36 bits per heavy atom. The number of rotatable bonds is 6. The van der Waals surface area contributed by atoms with E-state index in [-0.39, 0.29) is 6.04 Å². The molecule has 0 unspecified atom stereocenters. The maximum absolute atomic E-state index is 11.9. The number of imide groups is 1. The molecule has 2 aromatic carbocycles. The minimum atomic E-state index is -1.10. The van der Waals surface area contributed by atoms with Gasteiger partial charge in [0.05, 0.1) is 7.11 Å². The minimum Gasteiger partial charge on any atom is -0.497 e. The number of hydrogen-bond acceptors (Lipinski definition) is 5. The van der Waals surface area contributed by atoms with Gasteiger partial charge in [-0.3, -0.25) is 10.1 Å². The first-order chi connectivity index (χ1) is 13.3. The molecule has 7 nitrogen and oxygen atoms in total. The molecule has 2 N–H and O–H groups in total. The van der Waals surface area contributed by atoms with Gasteiger partial charge < -0.3 is 14.8 Å². The smallest absolute Gasteiger partial charge is 0.331 e. The van der Waals surface area contributed by atoms with Gasteiger partial charge in [-0.15, -0.1) is 0 Å². The van der Waals surface area contributed by atoms with Crippen molar-refractivity contribution in [3.8, 4) is 5.75 Å². The average Bonchev–Trinajstić information content (AvgIpc) is 2.64. The second kappa shape index (κ2) is 9.55. The number of benzene rings is 2. The molecule has 148 valence electrons. The van der Waals surface area contributed by atoms with Gasteiger partial charge in [-0.2, -0.15) is 0 Å². The van der Waals surface area contributed by atoms with Crippen LogP contribution < -0.4 is 15.4 Å². The molecule has 2 rings (SSSR count). The van der Waals surface area contributed by atoms with E-state index < -0.39 is 24.0 Å². The lowest BCUT2D eigenvalue weighted by molar-refractivity contribution is -0.149. The summed E-state index contributed by atoms with van der Waals surface area (Å²) in [7, 11) is 1.61. The molecule has 28 heavy (non-hydrogen) atoms. The molecule has 0 aliphatic heterocycles. The zero-order valence-electron chi connectivity index (χ0n) is 16.3. The van der Waals surface area contributed by atoms with Gasteiger partial charge in [0.25, 0.3) is 5.91 Å². The number of esters is 1. The number of methoxy groups -OCH3 is 1. The van der Waals surface area contributed by atoms with Crippen molar-refractivity contribution in [3.05, 3.63) is 48.0 Å². The van der Waals surface area contributed by atoms with Gasteiger partial charge in [-0.1, -0.05) is 18.2 Å². The summed E-state index contributed by atoms with van der Waals surface area (Å²) in [5, 5.41) is 6.65. The van der Waals surface area contributed by atoms with Crippen LogP contribution in [0.1, 0.15) is 26.3 Å². The molecule has 0 fully saturated rings. The molecule has 1 atom stereocenters. The number of urea groups is 1. The van der Waals surface area contributed by atoms with Crippen LogP contribution in [0.2, 0.25) is 0 Å². The van der Waals surface area contributed by atoms with Crippen molar-refractivity contribution in [1.29, 1.82) is 0 Å². The number of carbonyl (C=O) groups is 3. The lowest BCUT2D eigenvalue weighted by Gasteiger charge is -2.13. The highest BCUT2D eigenvalue weighted by molar-refractivity contribution is 5.98. The van der Waals surface area contributed by atoms with E-state index >= 15 is 0 Å². The van der Waals surface area contributed by atoms with E-state index in [2.05, 4.69) is 10.6 Å². The number of carbonyl (C=O) groups excluding carboxylic acids is 3. The van der Waals surface area contributed by atoms with E-state index in [0.29, 0.717) is 0 Å². The lowest BCUT2D eigenvalue weighted by Crippen LogP contribution is -2.46. The normalized spacial score (nSPS) is 12.0. The molecule has 0 saturated carbocycles. The van der Waals surface area contributed by atoms with Crippen molar-refractivity contribution in [2.75, 3.05) is 7.11 Å². The molecule has 3 amide bonds. The third-order valence-electron chi connectivity index (χ3n) is 3.80. The quantitative estimate of drug-likeness (QED) is 0.590. The lowest BCUT2D eigenvalue weighted by atomic mass is 10.1. The number of nitrogens with one attached hydrogen (secondary N) is 2. The van der Waals surface area contributed by atoms with Crippen molar-refractivity contribution < 1.29 is 23.9 Å². The van der Waals surface area contributed by atoms with Crippen LogP contribution in [0.5, 0.6) is 5.75 Å². The zero-order valence-corrected chi connectivity index (χ0v) is 16.3. The van der Waals surface area contributed by atoms with Crippen molar-refractivity contribution in [1.82, 2.24) is 10.6 Å². The summed E-state index contributed by atoms with van der Waals surface area (Å²) in [6.45, 7) is 4.93. The Morgan fingerprint density at radius 1 is 1.00 bits per heavy atom. The topological polar surface area (TPSA) is 93.7 Å². The van der Waals surface area contributed by atoms with Crippen molar-refractivity contribution in [2.24, 2.45) is 0 Å². The Labute approximate surface area is 163 Å². The Bertz CT molecular complexity index is 905. The molecular weight excluding hydrogens is 360 g/mol. The predicted molar refractivity (Wildman–Crippen MR) is 107 cm³/mol. The molecule has 7 heteroatoms. The summed E-state index contributed by atoms with van der Waals surface area (Å²) < 4.78 is 10.2. The first-order valence-corrected chi connectivity index (χ1v) is 8.86. The van der Waals surface area contributed by atoms with Crippen LogP contribution in [0.25, 0.3) is 16.8 Å². The Hall–Kier alpha value is -3.35. The van der Waals surface area contributed by atoms with E-state index in [1.165, 1.54) is 13.0 Å². The summed E-state index contributed by atoms with van der Waals surface area (Å²) in [5.74, 6) is -0.602. The van der Waals surface area contributed by atoms with Gasteiger partial charge in [0.2, 0.25) is 0 Å². The Balaban J connectivity index is 1.94. The standard InChI is InChI=1S/C21H24N2O5/c1-13(2)22-21(26)23-20(25)14(3)28-19(24)10-6-15-5-7-17-12-18(27-4)9-8-16(17)11-15/h5-14H,1-4H3,(H2,22,23,25,26)/b10-6+/t14-/m1/s1. The third-order valence-corrected chi connectivity index (χ3v) is 3.80. The summed E-state index contributed by atoms with van der Waals surface area (Å²) in [4.78, 5) is 35.3. The highest BCUT2D eigenvalue weighted by atomic mass is 16.5. The fourth-order valence-corrected chi connectivity index (χ4v) is 2.42. The molecule has 0 aromatic heterocycles. The molecule has 0 bridgehead atoms. The molecule has 0 aliphatic carbocycles. The van der Waals surface area contributed by atoms with Gasteiger partial charge >= 0.3 is 12.0 Å². The van der Waals surface area contributed by atoms with Crippen LogP contribution >= 0.6 is 0 Å². The minimum absolute atomic E-state index is 0.114. The average molecular weight is 384 g/mol. The van der Waals surface area contributed by atoms with E-state index in [9.17, 15) is 14.4 Å². The van der Waals surface area contributed by atoms with Gasteiger partial charge in [-0.25, -0.2) is 9.59 Å². The fourth-order valence-electron chi connectivity index (χ4n) is 2.42. The van der Waals surface area contributed by atoms with Crippen LogP contribution in [0.15, 0.2) is 42.5 Å². The molecule has 0 spiro atoms. The van der Waals surface area contributed by atoms with Gasteiger partial charge in [0, 0.05) is 12.1 Å². The van der Waals surface area contributed by atoms with E-state index in [1.54, 1.807) is 27.0 Å². The van der Waals surface area contributed by atoms with Crippen LogP contribution in [-0.4, -0.2) is 37.2 Å². The number of amides is 3. The van der Waals surface area contributed by atoms with Crippen LogP contribution in [0, 0.1) is 0 Å². The predicted octanol–water partition coefficient (Wildman–Crippen LogP) is 3.03. The summed E-state index contributed by atoms with van der Waals surface area (Å²) in [5.41, 5.74) is 0.808. The van der Waals surface area contributed by atoms with E-state index in [4.69, 9.17) is 9.47 Å². The highest BCUT2D eigenvalue weighted by Gasteiger charge is 2.19. The zero-order chi connectivity index (χ0) is 20.7. The molecule has 2 aromatic rings. The number of hydrogen-bond donors (Lipinski definition) is 2. The molecule has 0 aliphatic rings. The largest absolute Gasteiger partial charge is 0.497 e. The number of fused-ring (bicyclic) bond motifs is 1. The van der Waals surface area contributed by atoms with Crippen molar-refractivity contribution in [3.63, 3.8) is 0 Å². The maximum Gasteiger partial charge on any atom is 0.331 e.